The zero-order valence-electron chi connectivity index (χ0n) is 10.9. The lowest BCUT2D eigenvalue weighted by atomic mass is 10.2. The maximum absolute atomic E-state index is 11.9. The molecule has 2 aromatic rings. The van der Waals surface area contributed by atoms with E-state index in [1.54, 1.807) is 16.9 Å². The zero-order chi connectivity index (χ0) is 13.8. The first kappa shape index (κ1) is 13.1. The van der Waals surface area contributed by atoms with Gasteiger partial charge in [-0.2, -0.15) is 5.10 Å². The van der Waals surface area contributed by atoms with Crippen LogP contribution in [-0.2, 0) is 6.54 Å². The van der Waals surface area contributed by atoms with E-state index in [2.05, 4.69) is 15.4 Å². The second-order valence-corrected chi connectivity index (χ2v) is 4.46. The maximum Gasteiger partial charge on any atom is 0.267 e. The van der Waals surface area contributed by atoms with Crippen molar-refractivity contribution >= 4 is 11.7 Å². The van der Waals surface area contributed by atoms with E-state index in [9.17, 15) is 9.59 Å². The minimum absolute atomic E-state index is 0.0588. The molecule has 6 nitrogen and oxygen atoms in total. The molecule has 1 unspecified atom stereocenters. The summed E-state index contributed by atoms with van der Waals surface area (Å²) in [6.07, 6.45) is 5.07. The number of nitrogens with one attached hydrogen (secondary N) is 2. The molecule has 19 heavy (non-hydrogen) atoms. The summed E-state index contributed by atoms with van der Waals surface area (Å²) in [7, 11) is 0. The number of H-pyrrole nitrogens is 1. The van der Waals surface area contributed by atoms with Crippen molar-refractivity contribution < 1.29 is 9.59 Å². The third kappa shape index (κ3) is 3.31. The van der Waals surface area contributed by atoms with Gasteiger partial charge in [-0.1, -0.05) is 0 Å². The summed E-state index contributed by atoms with van der Waals surface area (Å²) in [5.41, 5.74) is 0.891. The van der Waals surface area contributed by atoms with Crippen LogP contribution >= 0.6 is 0 Å². The molecule has 1 atom stereocenters. The molecule has 100 valence electrons. The van der Waals surface area contributed by atoms with E-state index in [0.717, 1.165) is 0 Å². The SMILES string of the molecule is CC(=O)c1c[nH]c(C(=O)NC(C)Cn2cccn2)c1. The Labute approximate surface area is 110 Å². The average Bonchev–Trinajstić information content (AvgIpc) is 2.98. The molecule has 1 amide bonds. The van der Waals surface area contributed by atoms with Crippen LogP contribution in [0.25, 0.3) is 0 Å². The standard InChI is InChI=1S/C13H16N4O2/c1-9(8-17-5-3-4-15-17)16-13(19)12-6-11(7-14-12)10(2)18/h3-7,9,14H,8H2,1-2H3,(H,16,19). The van der Waals surface area contributed by atoms with E-state index in [4.69, 9.17) is 0 Å². The highest BCUT2D eigenvalue weighted by molar-refractivity contribution is 5.99. The Hall–Kier alpha value is -2.37. The summed E-state index contributed by atoms with van der Waals surface area (Å²) < 4.78 is 1.75. The van der Waals surface area contributed by atoms with Crippen molar-refractivity contribution in [2.75, 3.05) is 0 Å². The highest BCUT2D eigenvalue weighted by Gasteiger charge is 2.13. The number of carbonyl (C=O) groups is 2. The summed E-state index contributed by atoms with van der Waals surface area (Å²) in [4.78, 5) is 25.9. The van der Waals surface area contributed by atoms with Gasteiger partial charge in [-0.3, -0.25) is 14.3 Å². The number of amides is 1. The van der Waals surface area contributed by atoms with Gasteiger partial charge < -0.3 is 10.3 Å². The molecule has 0 aromatic carbocycles. The van der Waals surface area contributed by atoms with E-state index >= 15 is 0 Å². The van der Waals surface area contributed by atoms with Gasteiger partial charge in [-0.15, -0.1) is 0 Å². The average molecular weight is 260 g/mol. The topological polar surface area (TPSA) is 79.8 Å². The Morgan fingerprint density at radius 2 is 2.32 bits per heavy atom. The van der Waals surface area contributed by atoms with Gasteiger partial charge in [0.25, 0.3) is 5.91 Å². The fourth-order valence-corrected chi connectivity index (χ4v) is 1.76. The van der Waals surface area contributed by atoms with Gasteiger partial charge in [0.05, 0.1) is 6.54 Å². The summed E-state index contributed by atoms with van der Waals surface area (Å²) in [6, 6.07) is 3.33. The van der Waals surface area contributed by atoms with E-state index < -0.39 is 0 Å². The third-order valence-electron chi connectivity index (χ3n) is 2.73. The molecule has 2 aromatic heterocycles. The Kier molecular flexibility index (Phi) is 3.79. The minimum Gasteiger partial charge on any atom is -0.356 e. The molecule has 0 aliphatic carbocycles. The van der Waals surface area contributed by atoms with Gasteiger partial charge in [0, 0.05) is 30.2 Å². The number of rotatable bonds is 5. The Bertz CT molecular complexity index is 571. The highest BCUT2D eigenvalue weighted by Crippen LogP contribution is 2.04. The van der Waals surface area contributed by atoms with Gasteiger partial charge in [0.15, 0.2) is 5.78 Å². The molecule has 0 spiro atoms. The molecular weight excluding hydrogens is 244 g/mol. The predicted octanol–water partition coefficient (Wildman–Crippen LogP) is 1.23. The molecule has 0 radical (unpaired) electrons. The molecule has 6 heteroatoms. The number of aromatic amines is 1. The molecule has 0 saturated carbocycles. The van der Waals surface area contributed by atoms with Crippen LogP contribution in [0.5, 0.6) is 0 Å². The summed E-state index contributed by atoms with van der Waals surface area (Å²) in [6.45, 7) is 3.96. The molecule has 0 aliphatic heterocycles. The maximum atomic E-state index is 11.9. The minimum atomic E-state index is -0.229. The second-order valence-electron chi connectivity index (χ2n) is 4.46. The lowest BCUT2D eigenvalue weighted by Gasteiger charge is -2.13. The normalized spacial score (nSPS) is 12.1. The third-order valence-corrected chi connectivity index (χ3v) is 2.73. The van der Waals surface area contributed by atoms with Crippen LogP contribution in [0.2, 0.25) is 0 Å². The van der Waals surface area contributed by atoms with Gasteiger partial charge in [0.2, 0.25) is 0 Å². The van der Waals surface area contributed by atoms with E-state index in [1.807, 2.05) is 19.2 Å². The quantitative estimate of drug-likeness (QED) is 0.793. The first-order valence-electron chi connectivity index (χ1n) is 6.04. The van der Waals surface area contributed by atoms with Crippen LogP contribution in [0, 0.1) is 0 Å². The summed E-state index contributed by atoms with van der Waals surface area (Å²) >= 11 is 0. The van der Waals surface area contributed by atoms with Gasteiger partial charge in [-0.05, 0) is 26.0 Å². The Morgan fingerprint density at radius 3 is 2.89 bits per heavy atom. The molecule has 0 fully saturated rings. The van der Waals surface area contributed by atoms with Crippen LogP contribution < -0.4 is 5.32 Å². The first-order chi connectivity index (χ1) is 9.06. The number of Topliss-reactive ketones (excluding diaryl/α,β-unsaturated/α-hetero) is 1. The number of ketones is 1. The van der Waals surface area contributed by atoms with Crippen molar-refractivity contribution in [1.29, 1.82) is 0 Å². The number of hydrogen-bond donors (Lipinski definition) is 2. The molecule has 0 saturated heterocycles. The molecule has 2 rings (SSSR count). The largest absolute Gasteiger partial charge is 0.356 e. The monoisotopic (exact) mass is 260 g/mol. The second kappa shape index (κ2) is 5.51. The van der Waals surface area contributed by atoms with Crippen molar-refractivity contribution in [3.63, 3.8) is 0 Å². The smallest absolute Gasteiger partial charge is 0.267 e. The molecule has 2 heterocycles. The van der Waals surface area contributed by atoms with Crippen molar-refractivity contribution in [1.82, 2.24) is 20.1 Å². The fraction of sp³-hybridized carbons (Fsp3) is 0.308. The number of aromatic nitrogens is 3. The Balaban J connectivity index is 1.94. The van der Waals surface area contributed by atoms with Gasteiger partial charge in [-0.25, -0.2) is 0 Å². The van der Waals surface area contributed by atoms with Crippen molar-refractivity contribution in [2.24, 2.45) is 0 Å². The fourth-order valence-electron chi connectivity index (χ4n) is 1.76. The van der Waals surface area contributed by atoms with E-state index in [-0.39, 0.29) is 17.7 Å². The van der Waals surface area contributed by atoms with Crippen molar-refractivity contribution in [3.8, 4) is 0 Å². The van der Waals surface area contributed by atoms with Crippen molar-refractivity contribution in [2.45, 2.75) is 26.4 Å². The molecule has 2 N–H and O–H groups in total. The van der Waals surface area contributed by atoms with Crippen LogP contribution in [0.4, 0.5) is 0 Å². The number of nitrogens with zero attached hydrogens (tertiary/aromatic N) is 2. The molecule has 0 bridgehead atoms. The first-order valence-corrected chi connectivity index (χ1v) is 6.04. The van der Waals surface area contributed by atoms with Gasteiger partial charge in [0.1, 0.15) is 5.69 Å². The lowest BCUT2D eigenvalue weighted by molar-refractivity contribution is 0.0931. The van der Waals surface area contributed by atoms with E-state index in [1.165, 1.54) is 13.1 Å². The zero-order valence-corrected chi connectivity index (χ0v) is 10.9. The van der Waals surface area contributed by atoms with E-state index in [0.29, 0.717) is 17.8 Å². The summed E-state index contributed by atoms with van der Waals surface area (Å²) in [5, 5.41) is 6.92. The predicted molar refractivity (Wildman–Crippen MR) is 70.0 cm³/mol. The molecule has 0 aliphatic rings. The van der Waals surface area contributed by atoms with Crippen LogP contribution in [0.1, 0.15) is 34.7 Å². The van der Waals surface area contributed by atoms with Gasteiger partial charge >= 0.3 is 0 Å². The van der Waals surface area contributed by atoms with Crippen LogP contribution in [-0.4, -0.2) is 32.5 Å². The van der Waals surface area contributed by atoms with Crippen molar-refractivity contribution in [3.05, 3.63) is 42.0 Å². The Morgan fingerprint density at radius 1 is 1.53 bits per heavy atom. The number of hydrogen-bond acceptors (Lipinski definition) is 3. The van der Waals surface area contributed by atoms with Crippen LogP contribution in [0.3, 0.4) is 0 Å². The summed E-state index contributed by atoms with van der Waals surface area (Å²) in [5.74, 6) is -0.299. The van der Waals surface area contributed by atoms with Crippen LogP contribution in [0.15, 0.2) is 30.7 Å². The lowest BCUT2D eigenvalue weighted by Crippen LogP contribution is -2.35. The number of carbonyl (C=O) groups excluding carboxylic acids is 2. The molecular formula is C13H16N4O2. The highest BCUT2D eigenvalue weighted by atomic mass is 16.2.